The third-order valence-corrected chi connectivity index (χ3v) is 4.07. The molecule has 2 aliphatic rings. The lowest BCUT2D eigenvalue weighted by atomic mass is 9.77. The molecule has 1 aliphatic heterocycles. The molecule has 0 amide bonds. The molecule has 3 heteroatoms. The Hall–Kier alpha value is -0.860. The number of aromatic nitrogens is 1. The van der Waals surface area contributed by atoms with Crippen molar-refractivity contribution in [3.63, 3.8) is 0 Å². The highest BCUT2D eigenvalue weighted by Crippen LogP contribution is 2.35. The first-order valence-corrected chi connectivity index (χ1v) is 6.77. The van der Waals surface area contributed by atoms with E-state index in [2.05, 4.69) is 16.4 Å². The van der Waals surface area contributed by atoms with Gasteiger partial charge in [0.15, 0.2) is 0 Å². The van der Waals surface area contributed by atoms with Crippen molar-refractivity contribution in [3.8, 4) is 0 Å². The van der Waals surface area contributed by atoms with Crippen LogP contribution in [0.5, 0.6) is 0 Å². The second-order valence-corrected chi connectivity index (χ2v) is 5.40. The molecule has 2 nitrogen and oxygen atoms in total. The van der Waals surface area contributed by atoms with Gasteiger partial charge in [0, 0.05) is 18.4 Å². The lowest BCUT2D eigenvalue weighted by Crippen LogP contribution is -2.43. The van der Waals surface area contributed by atoms with Gasteiger partial charge in [-0.05, 0) is 55.3 Å². The zero-order valence-corrected chi connectivity index (χ0v) is 10.6. The number of halogens is 1. The van der Waals surface area contributed by atoms with Gasteiger partial charge in [-0.3, -0.25) is 4.98 Å². The Balaban J connectivity index is 1.93. The second-order valence-electron chi connectivity index (χ2n) is 4.96. The number of piperidine rings is 1. The molecular formula is C14H17ClN2. The Labute approximate surface area is 107 Å². The number of hydrogen-bond acceptors (Lipinski definition) is 2. The number of nitrogens with one attached hydrogen (secondary N) is 1. The second kappa shape index (κ2) is 4.79. The van der Waals surface area contributed by atoms with Crippen LogP contribution in [0.25, 0.3) is 5.57 Å². The van der Waals surface area contributed by atoms with Crippen molar-refractivity contribution in [1.82, 2.24) is 10.3 Å². The molecule has 17 heavy (non-hydrogen) atoms. The molecule has 90 valence electrons. The molecule has 1 aliphatic carbocycles. The quantitative estimate of drug-likeness (QED) is 0.825. The summed E-state index contributed by atoms with van der Waals surface area (Å²) in [5.41, 5.74) is 2.58. The number of hydrogen-bond donors (Lipinski definition) is 1. The summed E-state index contributed by atoms with van der Waals surface area (Å²) in [6.07, 6.45) is 11.1. The van der Waals surface area contributed by atoms with Gasteiger partial charge in [0.05, 0.1) is 5.02 Å². The van der Waals surface area contributed by atoms with Crippen molar-refractivity contribution >= 4 is 17.2 Å². The van der Waals surface area contributed by atoms with E-state index in [9.17, 15) is 0 Å². The summed E-state index contributed by atoms with van der Waals surface area (Å²) in [5, 5.41) is 4.37. The van der Waals surface area contributed by atoms with Crippen molar-refractivity contribution in [2.75, 3.05) is 6.54 Å². The Bertz CT molecular complexity index is 442. The number of allylic oxidation sites excluding steroid dienone is 1. The molecule has 1 aromatic rings. The van der Waals surface area contributed by atoms with Crippen LogP contribution in [-0.2, 0) is 0 Å². The van der Waals surface area contributed by atoms with E-state index in [4.69, 9.17) is 11.6 Å². The largest absolute Gasteiger partial charge is 0.310 e. The third kappa shape index (κ3) is 2.24. The summed E-state index contributed by atoms with van der Waals surface area (Å²) in [5.74, 6) is 0.794. The fraction of sp³-hybridized carbons (Fsp3) is 0.500. The van der Waals surface area contributed by atoms with E-state index >= 15 is 0 Å². The van der Waals surface area contributed by atoms with Crippen LogP contribution < -0.4 is 5.32 Å². The molecule has 0 bridgehead atoms. The average Bonchev–Trinajstić information content (AvgIpc) is 2.38. The number of pyridine rings is 1. The molecule has 1 fully saturated rings. The smallest absolute Gasteiger partial charge is 0.0595 e. The number of rotatable bonds is 1. The molecule has 0 unspecified atom stereocenters. The number of nitrogens with zero attached hydrogens (tertiary/aromatic N) is 1. The molecule has 3 rings (SSSR count). The molecule has 0 radical (unpaired) electrons. The van der Waals surface area contributed by atoms with Gasteiger partial charge in [0.2, 0.25) is 0 Å². The average molecular weight is 249 g/mol. The normalized spacial score (nSPS) is 28.4. The molecular weight excluding hydrogens is 232 g/mol. The first-order valence-electron chi connectivity index (χ1n) is 6.39. The van der Waals surface area contributed by atoms with Crippen LogP contribution in [0.2, 0.25) is 5.02 Å². The van der Waals surface area contributed by atoms with E-state index < -0.39 is 0 Å². The highest BCUT2D eigenvalue weighted by molar-refractivity contribution is 6.30. The molecule has 2 heterocycles. The van der Waals surface area contributed by atoms with Crippen molar-refractivity contribution in [3.05, 3.63) is 35.1 Å². The first-order chi connectivity index (χ1) is 8.34. The van der Waals surface area contributed by atoms with Crippen LogP contribution in [0.15, 0.2) is 24.5 Å². The van der Waals surface area contributed by atoms with Crippen molar-refractivity contribution in [2.24, 2.45) is 5.92 Å². The topological polar surface area (TPSA) is 24.9 Å². The van der Waals surface area contributed by atoms with Gasteiger partial charge in [-0.25, -0.2) is 0 Å². The molecule has 0 aromatic carbocycles. The van der Waals surface area contributed by atoms with E-state index in [0.717, 1.165) is 17.5 Å². The standard InChI is InChI=1S/C14H17ClN2/c15-12-7-11(8-16-9-12)13-5-1-3-10-4-2-6-17-14(10)13/h5,7-10,14,17H,1-4,6H2/t10-,14+/m0/s1. The van der Waals surface area contributed by atoms with Gasteiger partial charge in [0.1, 0.15) is 0 Å². The van der Waals surface area contributed by atoms with Gasteiger partial charge < -0.3 is 5.32 Å². The highest BCUT2D eigenvalue weighted by atomic mass is 35.5. The third-order valence-electron chi connectivity index (χ3n) is 3.86. The van der Waals surface area contributed by atoms with E-state index in [0.29, 0.717) is 6.04 Å². The van der Waals surface area contributed by atoms with Gasteiger partial charge >= 0.3 is 0 Å². The predicted molar refractivity (Wildman–Crippen MR) is 71.0 cm³/mol. The predicted octanol–water partition coefficient (Wildman–Crippen LogP) is 3.28. The Morgan fingerprint density at radius 3 is 3.12 bits per heavy atom. The summed E-state index contributed by atoms with van der Waals surface area (Å²) in [6, 6.07) is 2.54. The summed E-state index contributed by atoms with van der Waals surface area (Å²) in [7, 11) is 0. The first kappa shape index (κ1) is 11.2. The maximum Gasteiger partial charge on any atom is 0.0595 e. The van der Waals surface area contributed by atoms with Gasteiger partial charge in [-0.2, -0.15) is 0 Å². The SMILES string of the molecule is Clc1cncc(C2=CCC[C@H]3CCCN[C@@H]23)c1. The molecule has 0 saturated carbocycles. The lowest BCUT2D eigenvalue weighted by Gasteiger charge is -2.37. The van der Waals surface area contributed by atoms with Crippen LogP contribution in [0.3, 0.4) is 0 Å². The van der Waals surface area contributed by atoms with Crippen LogP contribution >= 0.6 is 11.6 Å². The van der Waals surface area contributed by atoms with E-state index in [1.54, 1.807) is 6.20 Å². The van der Waals surface area contributed by atoms with Crippen molar-refractivity contribution < 1.29 is 0 Å². The van der Waals surface area contributed by atoms with Gasteiger partial charge in [0.25, 0.3) is 0 Å². The van der Waals surface area contributed by atoms with Crippen LogP contribution in [0.4, 0.5) is 0 Å². The van der Waals surface area contributed by atoms with Gasteiger partial charge in [-0.1, -0.05) is 17.7 Å². The minimum atomic E-state index is 0.512. The lowest BCUT2D eigenvalue weighted by molar-refractivity contribution is 0.304. The molecule has 2 atom stereocenters. The minimum Gasteiger partial charge on any atom is -0.310 e. The fourth-order valence-corrected chi connectivity index (χ4v) is 3.25. The molecule has 1 N–H and O–H groups in total. The summed E-state index contributed by atoms with van der Waals surface area (Å²) >= 11 is 6.03. The fourth-order valence-electron chi connectivity index (χ4n) is 3.08. The molecule has 1 saturated heterocycles. The maximum atomic E-state index is 6.03. The summed E-state index contributed by atoms with van der Waals surface area (Å²) < 4.78 is 0. The number of fused-ring (bicyclic) bond motifs is 1. The Kier molecular flexibility index (Phi) is 3.17. The molecule has 0 spiro atoms. The van der Waals surface area contributed by atoms with Crippen LogP contribution in [0.1, 0.15) is 31.2 Å². The van der Waals surface area contributed by atoms with Crippen LogP contribution in [0, 0.1) is 5.92 Å². The highest BCUT2D eigenvalue weighted by Gasteiger charge is 2.30. The van der Waals surface area contributed by atoms with Crippen molar-refractivity contribution in [1.29, 1.82) is 0 Å². The zero-order chi connectivity index (χ0) is 11.7. The maximum absolute atomic E-state index is 6.03. The molecule has 1 aromatic heterocycles. The van der Waals surface area contributed by atoms with Gasteiger partial charge in [-0.15, -0.1) is 0 Å². The zero-order valence-electron chi connectivity index (χ0n) is 9.82. The van der Waals surface area contributed by atoms with Crippen molar-refractivity contribution in [2.45, 2.75) is 31.7 Å². The Morgan fingerprint density at radius 1 is 1.29 bits per heavy atom. The minimum absolute atomic E-state index is 0.512. The van der Waals surface area contributed by atoms with E-state index in [-0.39, 0.29) is 0 Å². The Morgan fingerprint density at radius 2 is 2.24 bits per heavy atom. The van der Waals surface area contributed by atoms with Crippen LogP contribution in [-0.4, -0.2) is 17.6 Å². The van der Waals surface area contributed by atoms with E-state index in [1.165, 1.54) is 36.8 Å². The summed E-state index contributed by atoms with van der Waals surface area (Å²) in [4.78, 5) is 4.20. The summed E-state index contributed by atoms with van der Waals surface area (Å²) in [6.45, 7) is 1.13. The van der Waals surface area contributed by atoms with E-state index in [1.807, 2.05) is 12.3 Å². The monoisotopic (exact) mass is 248 g/mol.